The van der Waals surface area contributed by atoms with E-state index in [4.69, 9.17) is 10.8 Å². The first-order valence-corrected chi connectivity index (χ1v) is 5.59. The highest BCUT2D eigenvalue weighted by Gasteiger charge is 2.18. The standard InChI is InChI=1S/C11H22N2O3/c1-7(2)4-9(6-12)5-10(14)13-8(3)11(15)16/h7-9H,4-6,12H2,1-3H3,(H,13,14)(H,15,16)/t8?,9-/m0/s1. The van der Waals surface area contributed by atoms with Gasteiger partial charge in [0.15, 0.2) is 0 Å². The number of carbonyl (C=O) groups is 2. The van der Waals surface area contributed by atoms with Crippen molar-refractivity contribution in [3.05, 3.63) is 0 Å². The number of hydrogen-bond acceptors (Lipinski definition) is 3. The first-order chi connectivity index (χ1) is 7.36. The minimum absolute atomic E-state index is 0.126. The van der Waals surface area contributed by atoms with E-state index >= 15 is 0 Å². The average Bonchev–Trinajstić information content (AvgIpc) is 2.15. The molecule has 0 heterocycles. The highest BCUT2D eigenvalue weighted by molar-refractivity contribution is 5.83. The van der Waals surface area contributed by atoms with E-state index in [2.05, 4.69) is 19.2 Å². The zero-order valence-corrected chi connectivity index (χ0v) is 10.2. The molecule has 0 aliphatic heterocycles. The van der Waals surface area contributed by atoms with Crippen LogP contribution in [0.4, 0.5) is 0 Å². The summed E-state index contributed by atoms with van der Waals surface area (Å²) in [7, 11) is 0. The zero-order chi connectivity index (χ0) is 12.7. The van der Waals surface area contributed by atoms with Crippen molar-refractivity contribution in [2.45, 2.75) is 39.7 Å². The molecule has 94 valence electrons. The number of carboxylic acid groups (broad SMARTS) is 1. The molecule has 16 heavy (non-hydrogen) atoms. The predicted octanol–water partition coefficient (Wildman–Crippen LogP) is 0.587. The molecule has 0 rings (SSSR count). The van der Waals surface area contributed by atoms with Crippen LogP contribution < -0.4 is 11.1 Å². The van der Waals surface area contributed by atoms with Crippen molar-refractivity contribution in [1.29, 1.82) is 0 Å². The van der Waals surface area contributed by atoms with E-state index in [0.29, 0.717) is 18.9 Å². The SMILES string of the molecule is CC(C)C[C@H](CN)CC(=O)NC(C)C(=O)O. The van der Waals surface area contributed by atoms with Gasteiger partial charge in [0.2, 0.25) is 5.91 Å². The van der Waals surface area contributed by atoms with Crippen molar-refractivity contribution in [3.63, 3.8) is 0 Å². The molecule has 0 saturated heterocycles. The van der Waals surface area contributed by atoms with Gasteiger partial charge in [0, 0.05) is 6.42 Å². The molecule has 0 saturated carbocycles. The largest absolute Gasteiger partial charge is 0.480 e. The Bertz CT molecular complexity index is 241. The molecule has 0 aromatic rings. The third-order valence-corrected chi connectivity index (χ3v) is 2.36. The Hall–Kier alpha value is -1.10. The number of amides is 1. The summed E-state index contributed by atoms with van der Waals surface area (Å²) in [6.45, 7) is 6.04. The minimum Gasteiger partial charge on any atom is -0.480 e. The van der Waals surface area contributed by atoms with Gasteiger partial charge >= 0.3 is 5.97 Å². The summed E-state index contributed by atoms with van der Waals surface area (Å²) in [6, 6.07) is -0.843. The van der Waals surface area contributed by atoms with E-state index < -0.39 is 12.0 Å². The fourth-order valence-corrected chi connectivity index (χ4v) is 1.55. The molecule has 0 aromatic heterocycles. The Morgan fingerprint density at radius 3 is 2.25 bits per heavy atom. The summed E-state index contributed by atoms with van der Waals surface area (Å²) in [4.78, 5) is 22.0. The van der Waals surface area contributed by atoms with Gasteiger partial charge in [-0.05, 0) is 31.7 Å². The quantitative estimate of drug-likeness (QED) is 0.596. The number of nitrogens with two attached hydrogens (primary N) is 1. The fourth-order valence-electron chi connectivity index (χ4n) is 1.55. The van der Waals surface area contributed by atoms with Crippen molar-refractivity contribution in [3.8, 4) is 0 Å². The summed E-state index contributed by atoms with van der Waals surface area (Å²) < 4.78 is 0. The molecule has 0 radical (unpaired) electrons. The Morgan fingerprint density at radius 1 is 1.31 bits per heavy atom. The fraction of sp³-hybridized carbons (Fsp3) is 0.818. The molecule has 5 nitrogen and oxygen atoms in total. The Morgan fingerprint density at radius 2 is 1.88 bits per heavy atom. The topological polar surface area (TPSA) is 92.4 Å². The first kappa shape index (κ1) is 14.9. The van der Waals surface area contributed by atoms with Crippen LogP contribution >= 0.6 is 0 Å². The Balaban J connectivity index is 4.05. The summed E-state index contributed by atoms with van der Waals surface area (Å²) >= 11 is 0. The molecule has 0 bridgehead atoms. The van der Waals surface area contributed by atoms with Gasteiger partial charge in [0.25, 0.3) is 0 Å². The van der Waals surface area contributed by atoms with Crippen LogP contribution in [-0.2, 0) is 9.59 Å². The molecule has 0 fully saturated rings. The van der Waals surface area contributed by atoms with Gasteiger partial charge in [-0.1, -0.05) is 13.8 Å². The van der Waals surface area contributed by atoms with Gasteiger partial charge in [0.05, 0.1) is 0 Å². The van der Waals surface area contributed by atoms with Gasteiger partial charge in [-0.3, -0.25) is 9.59 Å². The van der Waals surface area contributed by atoms with Crippen LogP contribution in [0, 0.1) is 11.8 Å². The van der Waals surface area contributed by atoms with E-state index in [-0.39, 0.29) is 11.8 Å². The van der Waals surface area contributed by atoms with E-state index in [1.54, 1.807) is 0 Å². The molecular weight excluding hydrogens is 208 g/mol. The smallest absolute Gasteiger partial charge is 0.325 e. The van der Waals surface area contributed by atoms with Crippen molar-refractivity contribution in [1.82, 2.24) is 5.32 Å². The summed E-state index contributed by atoms with van der Waals surface area (Å²) in [5, 5.41) is 11.1. The van der Waals surface area contributed by atoms with Crippen LogP contribution in [0.2, 0.25) is 0 Å². The lowest BCUT2D eigenvalue weighted by molar-refractivity contribution is -0.141. The lowest BCUT2D eigenvalue weighted by Gasteiger charge is -2.17. The third-order valence-electron chi connectivity index (χ3n) is 2.36. The Kier molecular flexibility index (Phi) is 6.72. The van der Waals surface area contributed by atoms with Crippen molar-refractivity contribution >= 4 is 11.9 Å². The van der Waals surface area contributed by atoms with Gasteiger partial charge in [0.1, 0.15) is 6.04 Å². The normalized spacial score (nSPS) is 14.6. The number of carboxylic acids is 1. The number of hydrogen-bond donors (Lipinski definition) is 3. The number of carbonyl (C=O) groups excluding carboxylic acids is 1. The molecule has 2 atom stereocenters. The van der Waals surface area contributed by atoms with Crippen molar-refractivity contribution < 1.29 is 14.7 Å². The number of rotatable bonds is 7. The minimum atomic E-state index is -1.03. The van der Waals surface area contributed by atoms with Crippen LogP contribution in [0.5, 0.6) is 0 Å². The van der Waals surface area contributed by atoms with Crippen LogP contribution in [0.15, 0.2) is 0 Å². The van der Waals surface area contributed by atoms with Crippen molar-refractivity contribution in [2.24, 2.45) is 17.6 Å². The molecule has 0 aliphatic carbocycles. The van der Waals surface area contributed by atoms with Gasteiger partial charge < -0.3 is 16.2 Å². The summed E-state index contributed by atoms with van der Waals surface area (Å²) in [6.07, 6.45) is 1.18. The molecule has 1 unspecified atom stereocenters. The Labute approximate surface area is 96.4 Å². The molecule has 5 heteroatoms. The van der Waals surface area contributed by atoms with Gasteiger partial charge in [-0.25, -0.2) is 0 Å². The van der Waals surface area contributed by atoms with Crippen LogP contribution in [0.25, 0.3) is 0 Å². The highest BCUT2D eigenvalue weighted by atomic mass is 16.4. The summed E-state index contributed by atoms with van der Waals surface area (Å²) in [5.74, 6) is -0.660. The second-order valence-corrected chi connectivity index (χ2v) is 4.56. The molecule has 4 N–H and O–H groups in total. The monoisotopic (exact) mass is 230 g/mol. The zero-order valence-electron chi connectivity index (χ0n) is 10.2. The van der Waals surface area contributed by atoms with E-state index in [1.807, 2.05) is 0 Å². The molecular formula is C11H22N2O3. The van der Waals surface area contributed by atoms with Crippen LogP contribution in [0.1, 0.15) is 33.6 Å². The second kappa shape index (κ2) is 7.22. The van der Waals surface area contributed by atoms with Crippen LogP contribution in [0.3, 0.4) is 0 Å². The number of nitrogens with one attached hydrogen (secondary N) is 1. The van der Waals surface area contributed by atoms with Gasteiger partial charge in [-0.15, -0.1) is 0 Å². The molecule has 0 spiro atoms. The highest BCUT2D eigenvalue weighted by Crippen LogP contribution is 2.13. The van der Waals surface area contributed by atoms with Gasteiger partial charge in [-0.2, -0.15) is 0 Å². The first-order valence-electron chi connectivity index (χ1n) is 5.59. The molecule has 0 aliphatic rings. The van der Waals surface area contributed by atoms with E-state index in [0.717, 1.165) is 6.42 Å². The maximum atomic E-state index is 11.5. The lowest BCUT2D eigenvalue weighted by atomic mass is 9.94. The van der Waals surface area contributed by atoms with E-state index in [1.165, 1.54) is 6.92 Å². The van der Waals surface area contributed by atoms with Crippen molar-refractivity contribution in [2.75, 3.05) is 6.54 Å². The maximum Gasteiger partial charge on any atom is 0.325 e. The van der Waals surface area contributed by atoms with E-state index in [9.17, 15) is 9.59 Å². The predicted molar refractivity (Wildman–Crippen MR) is 61.9 cm³/mol. The maximum absolute atomic E-state index is 11.5. The summed E-state index contributed by atoms with van der Waals surface area (Å²) in [5.41, 5.74) is 5.56. The average molecular weight is 230 g/mol. The third kappa shape index (κ3) is 6.40. The number of aliphatic carboxylic acids is 1. The lowest BCUT2D eigenvalue weighted by Crippen LogP contribution is -2.39. The molecule has 1 amide bonds. The molecule has 0 aromatic carbocycles. The van der Waals surface area contributed by atoms with Crippen LogP contribution in [-0.4, -0.2) is 29.6 Å². The second-order valence-electron chi connectivity index (χ2n) is 4.56.